The van der Waals surface area contributed by atoms with Gasteiger partial charge in [0.05, 0.1) is 4.90 Å². The number of sulfonamides is 1. The average Bonchev–Trinajstić information content (AvgIpc) is 3.22. The molecule has 1 heterocycles. The van der Waals surface area contributed by atoms with Gasteiger partial charge in [-0.25, -0.2) is 8.42 Å². The number of likely N-dealkylation sites (tertiary alicyclic amines) is 1. The van der Waals surface area contributed by atoms with Gasteiger partial charge in [-0.05, 0) is 62.1 Å². The van der Waals surface area contributed by atoms with E-state index in [-0.39, 0.29) is 16.7 Å². The van der Waals surface area contributed by atoms with Gasteiger partial charge >= 0.3 is 0 Å². The van der Waals surface area contributed by atoms with Crippen molar-refractivity contribution in [2.24, 2.45) is 0 Å². The second-order valence-corrected chi connectivity index (χ2v) is 9.05. The van der Waals surface area contributed by atoms with E-state index in [1.807, 2.05) is 6.92 Å². The summed E-state index contributed by atoms with van der Waals surface area (Å²) in [6.45, 7) is 4.84. The van der Waals surface area contributed by atoms with Crippen LogP contribution in [0.2, 0.25) is 0 Å². The van der Waals surface area contributed by atoms with Crippen molar-refractivity contribution in [3.63, 3.8) is 0 Å². The summed E-state index contributed by atoms with van der Waals surface area (Å²) in [7, 11) is -3.72. The van der Waals surface area contributed by atoms with Gasteiger partial charge in [0.2, 0.25) is 5.91 Å². The van der Waals surface area contributed by atoms with E-state index in [2.05, 4.69) is 10.0 Å². The highest BCUT2D eigenvalue weighted by atomic mass is 32.2. The minimum Gasteiger partial charge on any atom is -0.354 e. The maximum Gasteiger partial charge on any atom is 0.262 e. The van der Waals surface area contributed by atoms with Crippen LogP contribution < -0.4 is 10.0 Å². The zero-order valence-electron chi connectivity index (χ0n) is 17.2. The molecule has 160 valence electrons. The van der Waals surface area contributed by atoms with Gasteiger partial charge in [0.1, 0.15) is 6.04 Å². The molecule has 30 heavy (non-hydrogen) atoms. The number of amides is 2. The third-order valence-corrected chi connectivity index (χ3v) is 6.67. The smallest absolute Gasteiger partial charge is 0.262 e. The van der Waals surface area contributed by atoms with Gasteiger partial charge in [-0.1, -0.05) is 25.1 Å². The molecule has 0 spiro atoms. The summed E-state index contributed by atoms with van der Waals surface area (Å²) in [5.41, 5.74) is 1.44. The first-order valence-electron chi connectivity index (χ1n) is 10.1. The van der Waals surface area contributed by atoms with Crippen molar-refractivity contribution in [3.05, 3.63) is 59.7 Å². The second kappa shape index (κ2) is 9.30. The molecule has 2 aromatic carbocycles. The first-order chi connectivity index (χ1) is 14.3. The van der Waals surface area contributed by atoms with Crippen molar-refractivity contribution in [1.82, 2.24) is 10.2 Å². The Hall–Kier alpha value is -2.87. The largest absolute Gasteiger partial charge is 0.354 e. The second-order valence-electron chi connectivity index (χ2n) is 7.40. The van der Waals surface area contributed by atoms with E-state index in [1.54, 1.807) is 60.4 Å². The molecule has 1 saturated heterocycles. The lowest BCUT2D eigenvalue weighted by Crippen LogP contribution is -2.46. The highest BCUT2D eigenvalue weighted by Gasteiger charge is 2.34. The first kappa shape index (κ1) is 21.8. The van der Waals surface area contributed by atoms with Gasteiger partial charge in [-0.3, -0.25) is 14.3 Å². The van der Waals surface area contributed by atoms with Gasteiger partial charge in [0, 0.05) is 24.3 Å². The Morgan fingerprint density at radius 1 is 1.10 bits per heavy atom. The Balaban J connectivity index is 1.71. The Bertz CT molecular complexity index is 1020. The zero-order valence-corrected chi connectivity index (χ0v) is 18.0. The summed E-state index contributed by atoms with van der Waals surface area (Å²) in [5, 5.41) is 2.86. The van der Waals surface area contributed by atoms with Crippen LogP contribution in [-0.2, 0) is 14.8 Å². The predicted molar refractivity (Wildman–Crippen MR) is 116 cm³/mol. The standard InChI is InChI=1S/C22H27N3O4S/c1-3-14-23-21(26)19-8-6-15-25(19)22(27)17-10-12-18(13-11-17)24-30(28,29)20-9-5-4-7-16(20)2/h4-5,7,9-13,19,24H,3,6,8,14-15H2,1-2H3,(H,23,26)/t19-/m0/s1. The number of rotatable bonds is 7. The number of aryl methyl sites for hydroxylation is 1. The van der Waals surface area contributed by atoms with Gasteiger partial charge in [-0.2, -0.15) is 0 Å². The summed E-state index contributed by atoms with van der Waals surface area (Å²) in [6.07, 6.45) is 2.27. The number of anilines is 1. The molecule has 3 rings (SSSR count). The van der Waals surface area contributed by atoms with E-state index in [0.717, 1.165) is 12.8 Å². The molecule has 0 aliphatic carbocycles. The van der Waals surface area contributed by atoms with Crippen LogP contribution in [0.25, 0.3) is 0 Å². The molecule has 1 aliphatic rings. The van der Waals surface area contributed by atoms with Crippen molar-refractivity contribution in [2.75, 3.05) is 17.8 Å². The molecule has 1 aliphatic heterocycles. The number of carbonyl (C=O) groups is 2. The monoisotopic (exact) mass is 429 g/mol. The molecular formula is C22H27N3O4S. The first-order valence-corrected chi connectivity index (χ1v) is 11.6. The average molecular weight is 430 g/mol. The Labute approximate surface area is 177 Å². The van der Waals surface area contributed by atoms with Gasteiger partial charge < -0.3 is 10.2 Å². The number of nitrogens with one attached hydrogen (secondary N) is 2. The normalized spacial score (nSPS) is 16.3. The minimum absolute atomic E-state index is 0.120. The predicted octanol–water partition coefficient (Wildman–Crippen LogP) is 2.93. The lowest BCUT2D eigenvalue weighted by molar-refractivity contribution is -0.124. The van der Waals surface area contributed by atoms with Crippen molar-refractivity contribution in [3.8, 4) is 0 Å². The van der Waals surface area contributed by atoms with Gasteiger partial charge in [0.15, 0.2) is 0 Å². The molecule has 7 nitrogen and oxygen atoms in total. The summed E-state index contributed by atoms with van der Waals surface area (Å²) in [4.78, 5) is 27.1. The number of hydrogen-bond acceptors (Lipinski definition) is 4. The third-order valence-electron chi connectivity index (χ3n) is 5.13. The van der Waals surface area contributed by atoms with E-state index in [0.29, 0.717) is 36.3 Å². The van der Waals surface area contributed by atoms with Gasteiger partial charge in [-0.15, -0.1) is 0 Å². The molecule has 2 aromatic rings. The molecule has 0 aromatic heterocycles. The highest BCUT2D eigenvalue weighted by molar-refractivity contribution is 7.92. The summed E-state index contributed by atoms with van der Waals surface area (Å²) >= 11 is 0. The maximum absolute atomic E-state index is 12.9. The fourth-order valence-corrected chi connectivity index (χ4v) is 4.87. The Morgan fingerprint density at radius 2 is 1.80 bits per heavy atom. The lowest BCUT2D eigenvalue weighted by Gasteiger charge is -2.24. The SMILES string of the molecule is CCCNC(=O)[C@@H]1CCCN1C(=O)c1ccc(NS(=O)(=O)c2ccccc2C)cc1. The quantitative estimate of drug-likeness (QED) is 0.707. The van der Waals surface area contributed by atoms with Crippen LogP contribution in [-0.4, -0.2) is 44.3 Å². The van der Waals surface area contributed by atoms with E-state index in [4.69, 9.17) is 0 Å². The zero-order chi connectivity index (χ0) is 21.7. The van der Waals surface area contributed by atoms with Crippen molar-refractivity contribution >= 4 is 27.5 Å². The number of nitrogens with zero attached hydrogens (tertiary/aromatic N) is 1. The van der Waals surface area contributed by atoms with E-state index in [9.17, 15) is 18.0 Å². The summed E-state index contributed by atoms with van der Waals surface area (Å²) < 4.78 is 27.8. The summed E-state index contributed by atoms with van der Waals surface area (Å²) in [6, 6.07) is 12.6. The Morgan fingerprint density at radius 3 is 2.47 bits per heavy atom. The molecule has 1 atom stereocenters. The lowest BCUT2D eigenvalue weighted by atomic mass is 10.1. The van der Waals surface area contributed by atoms with Crippen molar-refractivity contribution in [2.45, 2.75) is 44.0 Å². The molecular weight excluding hydrogens is 402 g/mol. The minimum atomic E-state index is -3.72. The molecule has 0 radical (unpaired) electrons. The molecule has 0 bridgehead atoms. The van der Waals surface area contributed by atoms with Crippen LogP contribution >= 0.6 is 0 Å². The molecule has 2 N–H and O–H groups in total. The number of hydrogen-bond donors (Lipinski definition) is 2. The maximum atomic E-state index is 12.9. The van der Waals surface area contributed by atoms with Crippen LogP contribution in [0.15, 0.2) is 53.4 Å². The topological polar surface area (TPSA) is 95.6 Å². The number of benzene rings is 2. The van der Waals surface area contributed by atoms with Crippen LogP contribution in [0.5, 0.6) is 0 Å². The molecule has 8 heteroatoms. The van der Waals surface area contributed by atoms with Crippen LogP contribution in [0.4, 0.5) is 5.69 Å². The fourth-order valence-electron chi connectivity index (χ4n) is 3.56. The van der Waals surface area contributed by atoms with Crippen LogP contribution in [0.3, 0.4) is 0 Å². The summed E-state index contributed by atoms with van der Waals surface area (Å²) in [5.74, 6) is -0.345. The van der Waals surface area contributed by atoms with E-state index < -0.39 is 16.1 Å². The Kier molecular flexibility index (Phi) is 6.77. The van der Waals surface area contributed by atoms with E-state index in [1.165, 1.54) is 0 Å². The molecule has 0 unspecified atom stereocenters. The van der Waals surface area contributed by atoms with Crippen LogP contribution in [0.1, 0.15) is 42.1 Å². The molecule has 1 fully saturated rings. The van der Waals surface area contributed by atoms with Crippen LogP contribution in [0, 0.1) is 6.92 Å². The molecule has 0 saturated carbocycles. The molecule has 2 amide bonds. The van der Waals surface area contributed by atoms with Gasteiger partial charge in [0.25, 0.3) is 15.9 Å². The highest BCUT2D eigenvalue weighted by Crippen LogP contribution is 2.23. The fraction of sp³-hybridized carbons (Fsp3) is 0.364. The number of carbonyl (C=O) groups excluding carboxylic acids is 2. The van der Waals surface area contributed by atoms with E-state index >= 15 is 0 Å². The third kappa shape index (κ3) is 4.81. The van der Waals surface area contributed by atoms with Crippen molar-refractivity contribution < 1.29 is 18.0 Å². The van der Waals surface area contributed by atoms with Crippen molar-refractivity contribution in [1.29, 1.82) is 0 Å².